The molecule has 0 radical (unpaired) electrons. The first-order chi connectivity index (χ1) is 7.00. The lowest BCUT2D eigenvalue weighted by molar-refractivity contribution is -0.530. The van der Waals surface area contributed by atoms with Gasteiger partial charge in [-0.1, -0.05) is 30.3 Å². The summed E-state index contributed by atoms with van der Waals surface area (Å²) in [5, 5.41) is 11.5. The van der Waals surface area contributed by atoms with E-state index < -0.39 is 0 Å². The molecule has 0 aliphatic heterocycles. The average molecular weight is 203 g/mol. The number of nitrogens with zero attached hydrogens (tertiary/aromatic N) is 1. The summed E-state index contributed by atoms with van der Waals surface area (Å²) in [7, 11) is 0. The predicted octanol–water partition coefficient (Wildman–Crippen LogP) is 3.08. The Morgan fingerprint density at radius 1 is 1.13 bits per heavy atom. The third-order valence-corrected chi connectivity index (χ3v) is 1.97. The van der Waals surface area contributed by atoms with Crippen LogP contribution in [0.25, 0.3) is 6.08 Å². The quantitative estimate of drug-likeness (QED) is 0.314. The highest BCUT2D eigenvalue weighted by atomic mass is 16.5. The van der Waals surface area contributed by atoms with Crippen molar-refractivity contribution in [3.8, 4) is 0 Å². The van der Waals surface area contributed by atoms with E-state index in [1.165, 1.54) is 0 Å². The highest BCUT2D eigenvalue weighted by Gasteiger charge is 2.16. The molecule has 0 amide bonds. The summed E-state index contributed by atoms with van der Waals surface area (Å²) < 4.78 is 0.951. The summed E-state index contributed by atoms with van der Waals surface area (Å²) in [5.74, 6) is 0. The summed E-state index contributed by atoms with van der Waals surface area (Å²) in [6, 6.07) is 9.90. The van der Waals surface area contributed by atoms with Crippen molar-refractivity contribution in [2.75, 3.05) is 0 Å². The molecule has 0 aromatic heterocycles. The monoisotopic (exact) mass is 203 g/mol. The van der Waals surface area contributed by atoms with E-state index in [0.717, 1.165) is 10.3 Å². The second-order valence-electron chi connectivity index (χ2n) is 4.42. The molecular formula is C13H17NO. The lowest BCUT2D eigenvalue weighted by Gasteiger charge is -2.17. The van der Waals surface area contributed by atoms with Gasteiger partial charge < -0.3 is 5.21 Å². The van der Waals surface area contributed by atoms with Crippen molar-refractivity contribution >= 4 is 12.3 Å². The highest BCUT2D eigenvalue weighted by Crippen LogP contribution is 2.05. The van der Waals surface area contributed by atoms with Crippen molar-refractivity contribution in [2.45, 2.75) is 26.3 Å². The molecule has 15 heavy (non-hydrogen) atoms. The first-order valence-electron chi connectivity index (χ1n) is 5.03. The van der Waals surface area contributed by atoms with Crippen molar-refractivity contribution < 1.29 is 4.74 Å². The SMILES string of the molecule is CC(C)(C)/[N+]([O-])=C\C=C\c1ccccc1. The van der Waals surface area contributed by atoms with Crippen LogP contribution in [0.5, 0.6) is 0 Å². The number of hydrogen-bond donors (Lipinski definition) is 0. The smallest absolute Gasteiger partial charge is 0.175 e. The Bertz CT molecular complexity index is 358. The van der Waals surface area contributed by atoms with Crippen LogP contribution in [0.3, 0.4) is 0 Å². The van der Waals surface area contributed by atoms with E-state index in [-0.39, 0.29) is 5.54 Å². The Balaban J connectivity index is 2.69. The first-order valence-corrected chi connectivity index (χ1v) is 5.03. The zero-order chi connectivity index (χ0) is 11.3. The zero-order valence-electron chi connectivity index (χ0n) is 9.47. The molecule has 0 fully saturated rings. The van der Waals surface area contributed by atoms with Gasteiger partial charge in [-0.05, 0) is 11.6 Å². The molecule has 1 rings (SSSR count). The number of benzene rings is 1. The van der Waals surface area contributed by atoms with E-state index in [1.807, 2.05) is 57.2 Å². The molecule has 0 saturated carbocycles. The summed E-state index contributed by atoms with van der Waals surface area (Å²) >= 11 is 0. The average Bonchev–Trinajstić information content (AvgIpc) is 2.18. The van der Waals surface area contributed by atoms with Gasteiger partial charge in [0.05, 0.1) is 0 Å². The maximum atomic E-state index is 11.5. The molecule has 0 bridgehead atoms. The van der Waals surface area contributed by atoms with Crippen molar-refractivity contribution in [1.29, 1.82) is 0 Å². The Morgan fingerprint density at radius 3 is 2.27 bits per heavy atom. The van der Waals surface area contributed by atoms with E-state index in [1.54, 1.807) is 12.3 Å². The maximum Gasteiger partial charge on any atom is 0.175 e. The van der Waals surface area contributed by atoms with E-state index >= 15 is 0 Å². The number of allylic oxidation sites excluding steroid dienone is 1. The minimum Gasteiger partial charge on any atom is -0.623 e. The Hall–Kier alpha value is -1.57. The van der Waals surface area contributed by atoms with E-state index in [9.17, 15) is 5.21 Å². The van der Waals surface area contributed by atoms with Crippen LogP contribution in [0.15, 0.2) is 36.4 Å². The number of hydrogen-bond acceptors (Lipinski definition) is 1. The van der Waals surface area contributed by atoms with Gasteiger partial charge in [0.1, 0.15) is 0 Å². The van der Waals surface area contributed by atoms with E-state index in [0.29, 0.717) is 0 Å². The molecule has 1 aromatic rings. The standard InChI is InChI=1S/C13H17NO/c1-13(2,3)14(15)11-7-10-12-8-5-4-6-9-12/h4-11H,1-3H3/b10-7+,14-11+. The molecule has 0 unspecified atom stereocenters. The van der Waals surface area contributed by atoms with Gasteiger partial charge in [-0.2, -0.15) is 0 Å². The predicted molar refractivity (Wildman–Crippen MR) is 64.9 cm³/mol. The molecule has 0 N–H and O–H groups in total. The van der Waals surface area contributed by atoms with Gasteiger partial charge in [-0.3, -0.25) is 0 Å². The zero-order valence-corrected chi connectivity index (χ0v) is 9.47. The van der Waals surface area contributed by atoms with Crippen LogP contribution < -0.4 is 0 Å². The second kappa shape index (κ2) is 4.78. The Morgan fingerprint density at radius 2 is 1.73 bits per heavy atom. The molecule has 0 aliphatic carbocycles. The van der Waals surface area contributed by atoms with Crippen molar-refractivity contribution in [1.82, 2.24) is 0 Å². The van der Waals surface area contributed by atoms with Crippen LogP contribution >= 0.6 is 0 Å². The Labute approximate surface area is 91.1 Å². The van der Waals surface area contributed by atoms with Crippen LogP contribution in [-0.2, 0) is 0 Å². The summed E-state index contributed by atoms with van der Waals surface area (Å²) in [6.07, 6.45) is 5.23. The molecular weight excluding hydrogens is 186 g/mol. The molecule has 1 aromatic carbocycles. The van der Waals surface area contributed by atoms with Gasteiger partial charge in [-0.15, -0.1) is 0 Å². The first kappa shape index (κ1) is 11.5. The van der Waals surface area contributed by atoms with Crippen molar-refractivity contribution in [3.63, 3.8) is 0 Å². The van der Waals surface area contributed by atoms with Gasteiger partial charge in [-0.25, -0.2) is 4.74 Å². The van der Waals surface area contributed by atoms with E-state index in [2.05, 4.69) is 0 Å². The van der Waals surface area contributed by atoms with Gasteiger partial charge >= 0.3 is 0 Å². The van der Waals surface area contributed by atoms with Crippen molar-refractivity contribution in [3.05, 3.63) is 47.2 Å². The molecule has 0 atom stereocenters. The van der Waals surface area contributed by atoms with Gasteiger partial charge in [0.15, 0.2) is 11.8 Å². The minimum absolute atomic E-state index is 0.374. The summed E-state index contributed by atoms with van der Waals surface area (Å²) in [4.78, 5) is 0. The fraction of sp³-hybridized carbons (Fsp3) is 0.308. The molecule has 0 aliphatic rings. The minimum atomic E-state index is -0.374. The molecule has 80 valence electrons. The largest absolute Gasteiger partial charge is 0.623 e. The lowest BCUT2D eigenvalue weighted by atomic mass is 10.1. The number of rotatable bonds is 2. The fourth-order valence-corrected chi connectivity index (χ4v) is 1.02. The van der Waals surface area contributed by atoms with Crippen LogP contribution in [0, 0.1) is 5.21 Å². The Kier molecular flexibility index (Phi) is 3.67. The second-order valence-corrected chi connectivity index (χ2v) is 4.42. The van der Waals surface area contributed by atoms with Crippen LogP contribution in [0.1, 0.15) is 26.3 Å². The van der Waals surface area contributed by atoms with Gasteiger partial charge in [0.25, 0.3) is 0 Å². The van der Waals surface area contributed by atoms with Crippen molar-refractivity contribution in [2.24, 2.45) is 0 Å². The van der Waals surface area contributed by atoms with Crippen LogP contribution in [-0.4, -0.2) is 16.5 Å². The highest BCUT2D eigenvalue weighted by molar-refractivity contribution is 5.74. The van der Waals surface area contributed by atoms with Crippen LogP contribution in [0.2, 0.25) is 0 Å². The summed E-state index contributed by atoms with van der Waals surface area (Å²) in [5.41, 5.74) is 0.720. The maximum absolute atomic E-state index is 11.5. The summed E-state index contributed by atoms with van der Waals surface area (Å²) in [6.45, 7) is 5.65. The molecule has 0 spiro atoms. The molecule has 2 heteroatoms. The molecule has 0 saturated heterocycles. The third-order valence-electron chi connectivity index (χ3n) is 1.97. The van der Waals surface area contributed by atoms with E-state index in [4.69, 9.17) is 0 Å². The normalized spacial score (nSPS) is 13.4. The van der Waals surface area contributed by atoms with Crippen LogP contribution in [0.4, 0.5) is 0 Å². The van der Waals surface area contributed by atoms with Gasteiger partial charge in [0, 0.05) is 26.8 Å². The topological polar surface area (TPSA) is 26.1 Å². The molecule has 0 heterocycles. The number of hydroxylamine groups is 1. The molecule has 2 nitrogen and oxygen atoms in total. The fourth-order valence-electron chi connectivity index (χ4n) is 1.02. The lowest BCUT2D eigenvalue weighted by Crippen LogP contribution is -2.28. The third kappa shape index (κ3) is 3.98. The van der Waals surface area contributed by atoms with Gasteiger partial charge in [0.2, 0.25) is 0 Å².